The number of rotatable bonds is 3. The van der Waals surface area contributed by atoms with Crippen LogP contribution in [0.1, 0.15) is 5.56 Å². The highest BCUT2D eigenvalue weighted by atomic mass is 32.2. The van der Waals surface area contributed by atoms with Crippen molar-refractivity contribution in [1.29, 1.82) is 5.26 Å². The van der Waals surface area contributed by atoms with Crippen molar-refractivity contribution in [3.05, 3.63) is 70.8 Å². The number of carbonyl (C=O) groups excluding carboxylic acids is 2. The van der Waals surface area contributed by atoms with Crippen LogP contribution in [0.3, 0.4) is 0 Å². The van der Waals surface area contributed by atoms with Crippen molar-refractivity contribution in [3.63, 3.8) is 0 Å². The number of hydrogen-bond acceptors (Lipinski definition) is 4. The van der Waals surface area contributed by atoms with Crippen molar-refractivity contribution in [1.82, 2.24) is 0 Å². The molecule has 0 unspecified atom stereocenters. The van der Waals surface area contributed by atoms with Crippen LogP contribution in [0, 0.1) is 18.3 Å². The van der Waals surface area contributed by atoms with Crippen molar-refractivity contribution in [2.24, 2.45) is 0 Å². The van der Waals surface area contributed by atoms with Crippen LogP contribution in [0.5, 0.6) is 0 Å². The van der Waals surface area contributed by atoms with E-state index in [-0.39, 0.29) is 17.2 Å². The molecule has 2 aromatic rings. The van der Waals surface area contributed by atoms with Crippen LogP contribution >= 0.6 is 11.8 Å². The van der Waals surface area contributed by atoms with Crippen LogP contribution in [0.25, 0.3) is 0 Å². The number of para-hydroxylation sites is 1. The lowest BCUT2D eigenvalue weighted by atomic mass is 10.2. The topological polar surface area (TPSA) is 73.2 Å². The van der Waals surface area contributed by atoms with E-state index in [9.17, 15) is 14.9 Å². The van der Waals surface area contributed by atoms with E-state index in [4.69, 9.17) is 0 Å². The summed E-state index contributed by atoms with van der Waals surface area (Å²) in [7, 11) is 0. The first-order valence-electron chi connectivity index (χ1n) is 7.63. The first kappa shape index (κ1) is 16.8. The van der Waals surface area contributed by atoms with E-state index in [0.717, 1.165) is 5.56 Å². The molecule has 0 atom stereocenters. The number of nitrogens with zero attached hydrogens (tertiary/aromatic N) is 2. The minimum absolute atomic E-state index is 0.0692. The maximum Gasteiger partial charge on any atom is 0.269 e. The van der Waals surface area contributed by atoms with Gasteiger partial charge in [0.2, 0.25) is 5.91 Å². The van der Waals surface area contributed by atoms with Crippen molar-refractivity contribution in [3.8, 4) is 6.07 Å². The summed E-state index contributed by atoms with van der Waals surface area (Å²) >= 11 is 1.20. The van der Waals surface area contributed by atoms with Gasteiger partial charge in [-0.3, -0.25) is 14.5 Å². The lowest BCUT2D eigenvalue weighted by molar-refractivity contribution is -0.115. The second-order valence-corrected chi connectivity index (χ2v) is 6.43. The van der Waals surface area contributed by atoms with Crippen LogP contribution < -0.4 is 10.2 Å². The van der Waals surface area contributed by atoms with Gasteiger partial charge in [0.05, 0.1) is 5.75 Å². The first-order chi connectivity index (χ1) is 12.1. The third kappa shape index (κ3) is 3.57. The molecule has 0 saturated carbocycles. The summed E-state index contributed by atoms with van der Waals surface area (Å²) in [5.41, 5.74) is 2.25. The Morgan fingerprint density at radius 2 is 1.84 bits per heavy atom. The molecule has 1 N–H and O–H groups in total. The summed E-state index contributed by atoms with van der Waals surface area (Å²) in [5, 5.41) is 12.6. The van der Waals surface area contributed by atoms with Crippen molar-refractivity contribution in [2.45, 2.75) is 6.92 Å². The molecule has 0 aliphatic carbocycles. The second kappa shape index (κ2) is 7.24. The van der Waals surface area contributed by atoms with Crippen molar-refractivity contribution in [2.75, 3.05) is 16.0 Å². The van der Waals surface area contributed by atoms with E-state index >= 15 is 0 Å². The highest BCUT2D eigenvalue weighted by Gasteiger charge is 2.33. The molecule has 3 rings (SSSR count). The molecule has 25 heavy (non-hydrogen) atoms. The number of aryl methyl sites for hydroxylation is 1. The molecule has 1 saturated heterocycles. The Bertz CT molecular complexity index is 883. The molecule has 6 heteroatoms. The van der Waals surface area contributed by atoms with Crippen LogP contribution in [-0.4, -0.2) is 17.6 Å². The zero-order valence-corrected chi connectivity index (χ0v) is 14.3. The Kier molecular flexibility index (Phi) is 4.87. The van der Waals surface area contributed by atoms with E-state index in [1.807, 2.05) is 43.3 Å². The summed E-state index contributed by atoms with van der Waals surface area (Å²) in [5.74, 6) is -0.473. The number of nitrogens with one attached hydrogen (secondary N) is 1. The zero-order chi connectivity index (χ0) is 17.8. The maximum absolute atomic E-state index is 12.6. The molecule has 2 aromatic carbocycles. The quantitative estimate of drug-likeness (QED) is 0.680. The fourth-order valence-electron chi connectivity index (χ4n) is 2.42. The normalized spacial score (nSPS) is 15.7. The highest BCUT2D eigenvalue weighted by molar-refractivity contribution is 8.04. The van der Waals surface area contributed by atoms with Crippen LogP contribution in [0.4, 0.5) is 11.4 Å². The van der Waals surface area contributed by atoms with Crippen LogP contribution in [0.15, 0.2) is 65.2 Å². The number of carbonyl (C=O) groups is 2. The molecule has 0 radical (unpaired) electrons. The van der Waals surface area contributed by atoms with Gasteiger partial charge in [0.25, 0.3) is 5.91 Å². The van der Waals surface area contributed by atoms with E-state index in [1.54, 1.807) is 24.3 Å². The highest BCUT2D eigenvalue weighted by Crippen LogP contribution is 2.36. The van der Waals surface area contributed by atoms with Gasteiger partial charge in [-0.25, -0.2) is 0 Å². The largest absolute Gasteiger partial charge is 0.321 e. The number of anilines is 2. The molecule has 0 spiro atoms. The number of benzene rings is 2. The Balaban J connectivity index is 1.94. The monoisotopic (exact) mass is 349 g/mol. The average molecular weight is 349 g/mol. The average Bonchev–Trinajstić information content (AvgIpc) is 3.00. The molecule has 1 aliphatic heterocycles. The summed E-state index contributed by atoms with van der Waals surface area (Å²) in [6.45, 7) is 1.95. The third-order valence-electron chi connectivity index (χ3n) is 3.66. The van der Waals surface area contributed by atoms with Crippen molar-refractivity contribution >= 4 is 35.0 Å². The third-order valence-corrected chi connectivity index (χ3v) is 4.71. The first-order valence-corrected chi connectivity index (χ1v) is 8.62. The Hall–Kier alpha value is -3.04. The van der Waals surface area contributed by atoms with Gasteiger partial charge in [-0.1, -0.05) is 47.7 Å². The van der Waals surface area contributed by atoms with E-state index in [0.29, 0.717) is 16.4 Å². The molecule has 0 bridgehead atoms. The summed E-state index contributed by atoms with van der Waals surface area (Å²) < 4.78 is 0. The summed E-state index contributed by atoms with van der Waals surface area (Å²) in [4.78, 5) is 26.2. The molecular weight excluding hydrogens is 334 g/mol. The van der Waals surface area contributed by atoms with Crippen LogP contribution in [-0.2, 0) is 9.59 Å². The van der Waals surface area contributed by atoms with Gasteiger partial charge in [-0.15, -0.1) is 0 Å². The molecule has 5 nitrogen and oxygen atoms in total. The summed E-state index contributed by atoms with van der Waals surface area (Å²) in [6, 6.07) is 18.2. The number of thioether (sulfide) groups is 1. The minimum Gasteiger partial charge on any atom is -0.321 e. The Morgan fingerprint density at radius 1 is 1.16 bits per heavy atom. The standard InChI is InChI=1S/C19H15N3O2S/c1-13-7-9-14(10-8-13)21-18(24)16(11-20)19-22(17(23)12-25-19)15-5-3-2-4-6-15/h2-10H,12H2,1H3,(H,21,24). The van der Waals surface area contributed by atoms with Crippen molar-refractivity contribution < 1.29 is 9.59 Å². The second-order valence-electron chi connectivity index (χ2n) is 5.47. The molecule has 2 amide bonds. The molecular formula is C19H15N3O2S. The predicted molar refractivity (Wildman–Crippen MR) is 98.8 cm³/mol. The zero-order valence-electron chi connectivity index (χ0n) is 13.5. The molecule has 0 aromatic heterocycles. The van der Waals surface area contributed by atoms with Crippen LogP contribution in [0.2, 0.25) is 0 Å². The van der Waals surface area contributed by atoms with E-state index in [1.165, 1.54) is 16.7 Å². The van der Waals surface area contributed by atoms with Gasteiger partial charge in [-0.05, 0) is 31.2 Å². The smallest absolute Gasteiger partial charge is 0.269 e. The Morgan fingerprint density at radius 3 is 2.48 bits per heavy atom. The van der Waals surface area contributed by atoms with Gasteiger partial charge in [0, 0.05) is 11.4 Å². The fraction of sp³-hybridized carbons (Fsp3) is 0.105. The van der Waals surface area contributed by atoms with Gasteiger partial charge in [0.1, 0.15) is 16.7 Å². The predicted octanol–water partition coefficient (Wildman–Crippen LogP) is 3.45. The van der Waals surface area contributed by atoms with E-state index < -0.39 is 5.91 Å². The number of hydrogen-bond donors (Lipinski definition) is 1. The van der Waals surface area contributed by atoms with E-state index in [2.05, 4.69) is 5.32 Å². The number of nitriles is 1. The molecule has 1 fully saturated rings. The van der Waals surface area contributed by atoms with Gasteiger partial charge in [-0.2, -0.15) is 5.26 Å². The lowest BCUT2D eigenvalue weighted by Crippen LogP contribution is -2.26. The lowest BCUT2D eigenvalue weighted by Gasteiger charge is -2.18. The fourth-order valence-corrected chi connectivity index (χ4v) is 3.43. The molecule has 124 valence electrons. The van der Waals surface area contributed by atoms with Gasteiger partial charge >= 0.3 is 0 Å². The molecule has 1 heterocycles. The van der Waals surface area contributed by atoms with Gasteiger partial charge in [0.15, 0.2) is 0 Å². The number of amides is 2. The maximum atomic E-state index is 12.6. The van der Waals surface area contributed by atoms with Gasteiger partial charge < -0.3 is 5.32 Å². The summed E-state index contributed by atoms with van der Waals surface area (Å²) in [6.07, 6.45) is 0. The Labute approximate surface area is 149 Å². The SMILES string of the molecule is Cc1ccc(NC(=O)C(C#N)=C2SCC(=O)N2c2ccccc2)cc1. The molecule has 1 aliphatic rings. The minimum atomic E-state index is -0.524.